The van der Waals surface area contributed by atoms with Gasteiger partial charge in [-0.2, -0.15) is 0 Å². The predicted molar refractivity (Wildman–Crippen MR) is 120 cm³/mol. The molecule has 1 heterocycles. The molecule has 0 radical (unpaired) electrons. The fourth-order valence-electron chi connectivity index (χ4n) is 3.20. The molecule has 3 rings (SSSR count). The van der Waals surface area contributed by atoms with E-state index >= 15 is 0 Å². The number of benzene rings is 2. The van der Waals surface area contributed by atoms with Crippen LogP contribution in [-0.2, 0) is 20.7 Å². The molecule has 0 spiro atoms. The second-order valence-corrected chi connectivity index (χ2v) is 7.35. The molecule has 0 saturated carbocycles. The molecule has 0 atom stereocenters. The van der Waals surface area contributed by atoms with E-state index in [0.717, 1.165) is 10.9 Å². The minimum Gasteiger partial charge on any atom is -0.497 e. The molecule has 0 fully saturated rings. The van der Waals surface area contributed by atoms with E-state index in [-0.39, 0.29) is 12.8 Å². The van der Waals surface area contributed by atoms with Gasteiger partial charge in [-0.3, -0.25) is 9.59 Å². The molecular weight excluding hydrogens is 438 g/mol. The van der Waals surface area contributed by atoms with Crippen molar-refractivity contribution in [2.24, 2.45) is 0 Å². The van der Waals surface area contributed by atoms with Crippen molar-refractivity contribution in [3.63, 3.8) is 0 Å². The minimum absolute atomic E-state index is 0.0823. The number of rotatable bonds is 8. The summed E-state index contributed by atoms with van der Waals surface area (Å²) >= 11 is 5.93. The Labute approximate surface area is 189 Å². The Bertz CT molecular complexity index is 1220. The SMILES string of the molecule is COc1ccc2c(C)c(CCC(=O)OCC(=O)Nc3cc(Cl)ccc3OC)c(=O)oc2c1. The molecule has 1 amide bonds. The Morgan fingerprint density at radius 1 is 1.09 bits per heavy atom. The fraction of sp³-hybridized carbons (Fsp3) is 0.261. The number of carbonyl (C=O) groups excluding carboxylic acids is 2. The van der Waals surface area contributed by atoms with Crippen LogP contribution >= 0.6 is 11.6 Å². The average Bonchev–Trinajstić information content (AvgIpc) is 2.77. The Kier molecular flexibility index (Phi) is 7.37. The number of anilines is 1. The summed E-state index contributed by atoms with van der Waals surface area (Å²) in [6.07, 6.45) is 0.0414. The van der Waals surface area contributed by atoms with Gasteiger partial charge < -0.3 is 23.9 Å². The first kappa shape index (κ1) is 23.1. The van der Waals surface area contributed by atoms with E-state index < -0.39 is 24.1 Å². The van der Waals surface area contributed by atoms with E-state index in [1.807, 2.05) is 0 Å². The van der Waals surface area contributed by atoms with Crippen LogP contribution in [0, 0.1) is 6.92 Å². The number of halogens is 1. The molecule has 8 nitrogen and oxygen atoms in total. The number of hydrogen-bond donors (Lipinski definition) is 1. The van der Waals surface area contributed by atoms with Crippen molar-refractivity contribution in [3.05, 3.63) is 63.0 Å². The average molecular weight is 460 g/mol. The molecule has 1 N–H and O–H groups in total. The smallest absolute Gasteiger partial charge is 0.339 e. The van der Waals surface area contributed by atoms with Gasteiger partial charge in [-0.05, 0) is 49.2 Å². The maximum atomic E-state index is 12.4. The van der Waals surface area contributed by atoms with Gasteiger partial charge in [0.1, 0.15) is 17.1 Å². The second kappa shape index (κ2) is 10.2. The summed E-state index contributed by atoms with van der Waals surface area (Å²) in [6, 6.07) is 9.95. The van der Waals surface area contributed by atoms with Crippen molar-refractivity contribution in [1.82, 2.24) is 0 Å². The summed E-state index contributed by atoms with van der Waals surface area (Å²) < 4.78 is 20.7. The number of fused-ring (bicyclic) bond motifs is 1. The summed E-state index contributed by atoms with van der Waals surface area (Å²) in [5.41, 5.74) is 1.35. The van der Waals surface area contributed by atoms with E-state index in [9.17, 15) is 14.4 Å². The molecule has 168 valence electrons. The highest BCUT2D eigenvalue weighted by Crippen LogP contribution is 2.27. The van der Waals surface area contributed by atoms with Crippen molar-refractivity contribution in [2.45, 2.75) is 19.8 Å². The van der Waals surface area contributed by atoms with Crippen molar-refractivity contribution in [1.29, 1.82) is 0 Å². The third-order valence-corrected chi connectivity index (χ3v) is 5.11. The quantitative estimate of drug-likeness (QED) is 0.402. The monoisotopic (exact) mass is 459 g/mol. The van der Waals surface area contributed by atoms with E-state index in [1.165, 1.54) is 20.3 Å². The molecule has 1 aromatic heterocycles. The van der Waals surface area contributed by atoms with Crippen LogP contribution in [-0.4, -0.2) is 32.7 Å². The normalized spacial score (nSPS) is 10.6. The summed E-state index contributed by atoms with van der Waals surface area (Å²) in [5, 5.41) is 3.75. The first-order valence-corrected chi connectivity index (χ1v) is 10.1. The standard InChI is InChI=1S/C23H22ClNO7/c1-13-16-6-5-15(29-2)11-20(16)32-23(28)17(13)7-9-22(27)31-12-21(26)25-18-10-14(24)4-8-19(18)30-3/h4-6,8,10-11H,7,9,12H2,1-3H3,(H,25,26). The van der Waals surface area contributed by atoms with Crippen molar-refractivity contribution >= 4 is 40.1 Å². The molecule has 32 heavy (non-hydrogen) atoms. The van der Waals surface area contributed by atoms with Crippen LogP contribution in [0.2, 0.25) is 5.02 Å². The summed E-state index contributed by atoms with van der Waals surface area (Å²) in [7, 11) is 2.98. The van der Waals surface area contributed by atoms with Gasteiger partial charge in [0, 0.05) is 28.5 Å². The van der Waals surface area contributed by atoms with Crippen LogP contribution in [0.4, 0.5) is 5.69 Å². The fourth-order valence-corrected chi connectivity index (χ4v) is 3.37. The molecule has 0 bridgehead atoms. The Hall–Kier alpha value is -3.52. The first-order valence-electron chi connectivity index (χ1n) is 9.71. The lowest BCUT2D eigenvalue weighted by atomic mass is 10.0. The maximum absolute atomic E-state index is 12.4. The Morgan fingerprint density at radius 2 is 1.88 bits per heavy atom. The van der Waals surface area contributed by atoms with Gasteiger partial charge in [0.15, 0.2) is 6.61 Å². The lowest BCUT2D eigenvalue weighted by molar-refractivity contribution is -0.147. The third-order valence-electron chi connectivity index (χ3n) is 4.87. The van der Waals surface area contributed by atoms with Gasteiger partial charge in [0.2, 0.25) is 0 Å². The van der Waals surface area contributed by atoms with E-state index in [1.54, 1.807) is 37.3 Å². The number of ether oxygens (including phenoxy) is 3. The zero-order chi connectivity index (χ0) is 23.3. The van der Waals surface area contributed by atoms with Crippen molar-refractivity contribution < 1.29 is 28.2 Å². The molecule has 0 saturated heterocycles. The zero-order valence-electron chi connectivity index (χ0n) is 17.8. The highest BCUT2D eigenvalue weighted by atomic mass is 35.5. The van der Waals surface area contributed by atoms with Gasteiger partial charge in [0.05, 0.1) is 19.9 Å². The number of nitrogens with one attached hydrogen (secondary N) is 1. The number of aryl methyl sites for hydroxylation is 1. The summed E-state index contributed by atoms with van der Waals surface area (Å²) in [6.45, 7) is 1.30. The molecule has 9 heteroatoms. The van der Waals surface area contributed by atoms with Crippen LogP contribution in [0.25, 0.3) is 11.0 Å². The zero-order valence-corrected chi connectivity index (χ0v) is 18.6. The first-order chi connectivity index (χ1) is 15.3. The number of methoxy groups -OCH3 is 2. The van der Waals surface area contributed by atoms with Crippen LogP contribution in [0.15, 0.2) is 45.6 Å². The van der Waals surface area contributed by atoms with E-state index in [0.29, 0.717) is 33.4 Å². The lowest BCUT2D eigenvalue weighted by Crippen LogP contribution is -2.22. The van der Waals surface area contributed by atoms with Crippen molar-refractivity contribution in [3.8, 4) is 11.5 Å². The van der Waals surface area contributed by atoms with Crippen LogP contribution in [0.1, 0.15) is 17.5 Å². The summed E-state index contributed by atoms with van der Waals surface area (Å²) in [5.74, 6) is -0.170. The van der Waals surface area contributed by atoms with Gasteiger partial charge >= 0.3 is 11.6 Å². The molecule has 3 aromatic rings. The molecule has 0 aliphatic rings. The van der Waals surface area contributed by atoms with Gasteiger partial charge in [-0.1, -0.05) is 11.6 Å². The highest BCUT2D eigenvalue weighted by Gasteiger charge is 2.15. The predicted octanol–water partition coefficient (Wildman–Crippen LogP) is 3.89. The molecule has 0 unspecified atom stereocenters. The number of esters is 1. The Balaban J connectivity index is 1.59. The topological polar surface area (TPSA) is 104 Å². The van der Waals surface area contributed by atoms with Gasteiger partial charge in [0.25, 0.3) is 5.91 Å². The highest BCUT2D eigenvalue weighted by molar-refractivity contribution is 6.31. The molecule has 2 aromatic carbocycles. The molecule has 0 aliphatic heterocycles. The van der Waals surface area contributed by atoms with Gasteiger partial charge in [-0.25, -0.2) is 4.79 Å². The van der Waals surface area contributed by atoms with Crippen LogP contribution in [0.3, 0.4) is 0 Å². The van der Waals surface area contributed by atoms with E-state index in [2.05, 4.69) is 5.32 Å². The number of hydrogen-bond acceptors (Lipinski definition) is 7. The molecule has 0 aliphatic carbocycles. The summed E-state index contributed by atoms with van der Waals surface area (Å²) in [4.78, 5) is 36.6. The van der Waals surface area contributed by atoms with Crippen LogP contribution in [0.5, 0.6) is 11.5 Å². The second-order valence-electron chi connectivity index (χ2n) is 6.91. The Morgan fingerprint density at radius 3 is 2.59 bits per heavy atom. The largest absolute Gasteiger partial charge is 0.497 e. The maximum Gasteiger partial charge on any atom is 0.339 e. The third kappa shape index (κ3) is 5.39. The van der Waals surface area contributed by atoms with Gasteiger partial charge in [-0.15, -0.1) is 0 Å². The number of amides is 1. The van der Waals surface area contributed by atoms with Crippen molar-refractivity contribution in [2.75, 3.05) is 26.1 Å². The number of carbonyl (C=O) groups is 2. The van der Waals surface area contributed by atoms with E-state index in [4.69, 9.17) is 30.2 Å². The van der Waals surface area contributed by atoms with Crippen LogP contribution < -0.4 is 20.4 Å². The minimum atomic E-state index is -0.619. The lowest BCUT2D eigenvalue weighted by Gasteiger charge is -2.11. The molecular formula is C23H22ClNO7.